The van der Waals surface area contributed by atoms with E-state index < -0.39 is 0 Å². The van der Waals surface area contributed by atoms with Crippen molar-refractivity contribution in [1.29, 1.82) is 10.5 Å². The predicted molar refractivity (Wildman–Crippen MR) is 76.1 cm³/mol. The molecule has 7 heteroatoms. The summed E-state index contributed by atoms with van der Waals surface area (Å²) in [5, 5.41) is 17.9. The van der Waals surface area contributed by atoms with Crippen LogP contribution in [-0.2, 0) is 0 Å². The lowest BCUT2D eigenvalue weighted by atomic mass is 10.2. The highest BCUT2D eigenvalue weighted by Gasteiger charge is 2.10. The smallest absolute Gasteiger partial charge is 0.190 e. The van der Waals surface area contributed by atoms with E-state index in [1.165, 1.54) is 6.21 Å². The van der Waals surface area contributed by atoms with E-state index in [0.717, 1.165) is 11.3 Å². The largest absolute Gasteiger partial charge is 0.497 e. The van der Waals surface area contributed by atoms with Gasteiger partial charge in [0.05, 0.1) is 7.11 Å². The first kappa shape index (κ1) is 14.0. The van der Waals surface area contributed by atoms with Crippen LogP contribution in [0.2, 0.25) is 0 Å². The van der Waals surface area contributed by atoms with E-state index in [1.54, 1.807) is 37.4 Å². The predicted octanol–water partition coefficient (Wildman–Crippen LogP) is 1.56. The van der Waals surface area contributed by atoms with Gasteiger partial charge in [-0.05, 0) is 29.8 Å². The SMILES string of the molecule is COc1ccc(C=Nc2nc(C#N)c(N)nc2C#N)cc1. The zero-order valence-corrected chi connectivity index (χ0v) is 11.1. The Morgan fingerprint density at radius 1 is 1.14 bits per heavy atom. The number of anilines is 1. The average Bonchev–Trinajstić information content (AvgIpc) is 2.53. The second-order valence-corrected chi connectivity index (χ2v) is 3.88. The second kappa shape index (κ2) is 6.13. The van der Waals surface area contributed by atoms with Crippen LogP contribution in [0.15, 0.2) is 29.3 Å². The molecule has 0 aliphatic carbocycles. The Morgan fingerprint density at radius 2 is 1.81 bits per heavy atom. The molecule has 0 saturated carbocycles. The van der Waals surface area contributed by atoms with E-state index in [0.29, 0.717) is 0 Å². The van der Waals surface area contributed by atoms with E-state index in [-0.39, 0.29) is 23.0 Å². The molecular weight excluding hydrogens is 268 g/mol. The summed E-state index contributed by atoms with van der Waals surface area (Å²) >= 11 is 0. The zero-order valence-electron chi connectivity index (χ0n) is 11.1. The molecule has 0 spiro atoms. The van der Waals surface area contributed by atoms with Gasteiger partial charge in [0.2, 0.25) is 0 Å². The number of nitrogen functional groups attached to an aromatic ring is 1. The van der Waals surface area contributed by atoms with Gasteiger partial charge in [-0.3, -0.25) is 0 Å². The minimum Gasteiger partial charge on any atom is -0.497 e. The van der Waals surface area contributed by atoms with Gasteiger partial charge in [-0.25, -0.2) is 15.0 Å². The van der Waals surface area contributed by atoms with Gasteiger partial charge in [0.15, 0.2) is 23.0 Å². The Kier molecular flexibility index (Phi) is 4.08. The highest BCUT2D eigenvalue weighted by Crippen LogP contribution is 2.17. The van der Waals surface area contributed by atoms with Crippen LogP contribution in [0.3, 0.4) is 0 Å². The minimum absolute atomic E-state index is 0.0312. The number of nitriles is 2. The van der Waals surface area contributed by atoms with E-state index in [4.69, 9.17) is 21.0 Å². The lowest BCUT2D eigenvalue weighted by Crippen LogP contribution is -2.00. The Morgan fingerprint density at radius 3 is 2.38 bits per heavy atom. The maximum Gasteiger partial charge on any atom is 0.190 e. The summed E-state index contributed by atoms with van der Waals surface area (Å²) in [4.78, 5) is 11.8. The standard InChI is InChI=1S/C14H10N6O/c1-21-10-4-2-9(3-5-10)8-18-14-12(7-16)19-13(17)11(6-15)20-14/h2-5,8H,1H3,(H2,17,19). The van der Waals surface area contributed by atoms with Gasteiger partial charge in [-0.15, -0.1) is 0 Å². The van der Waals surface area contributed by atoms with Crippen LogP contribution in [0.25, 0.3) is 0 Å². The number of aliphatic imine (C=N–C) groups is 1. The first-order chi connectivity index (χ1) is 10.2. The van der Waals surface area contributed by atoms with Gasteiger partial charge in [0.25, 0.3) is 0 Å². The molecule has 0 saturated heterocycles. The quantitative estimate of drug-likeness (QED) is 0.850. The molecule has 1 heterocycles. The van der Waals surface area contributed by atoms with Crippen LogP contribution in [0.1, 0.15) is 17.0 Å². The first-order valence-corrected chi connectivity index (χ1v) is 5.83. The van der Waals surface area contributed by atoms with Crippen LogP contribution in [0.4, 0.5) is 11.6 Å². The molecule has 2 rings (SSSR count). The number of rotatable bonds is 3. The molecule has 102 valence electrons. The molecule has 0 aliphatic heterocycles. The molecule has 0 fully saturated rings. The molecule has 0 bridgehead atoms. The molecule has 0 amide bonds. The molecule has 0 unspecified atom stereocenters. The molecule has 2 aromatic rings. The number of nitrogens with zero attached hydrogens (tertiary/aromatic N) is 5. The maximum absolute atomic E-state index is 8.99. The Hall–Kier alpha value is -3.45. The summed E-state index contributed by atoms with van der Waals surface area (Å²) in [6, 6.07) is 10.8. The zero-order chi connectivity index (χ0) is 15.2. The third-order valence-corrected chi connectivity index (χ3v) is 2.57. The summed E-state index contributed by atoms with van der Waals surface area (Å²) in [6.07, 6.45) is 1.52. The molecule has 2 N–H and O–H groups in total. The number of nitrogens with two attached hydrogens (primary N) is 1. The van der Waals surface area contributed by atoms with Crippen molar-refractivity contribution in [2.45, 2.75) is 0 Å². The van der Waals surface area contributed by atoms with Gasteiger partial charge in [-0.1, -0.05) is 0 Å². The number of methoxy groups -OCH3 is 1. The normalized spacial score (nSPS) is 10.0. The number of aromatic nitrogens is 2. The fourth-order valence-corrected chi connectivity index (χ4v) is 1.51. The van der Waals surface area contributed by atoms with Crippen LogP contribution in [-0.4, -0.2) is 23.3 Å². The van der Waals surface area contributed by atoms with Crippen LogP contribution in [0.5, 0.6) is 5.75 Å². The third-order valence-electron chi connectivity index (χ3n) is 2.57. The minimum atomic E-state index is -0.0857. The average molecular weight is 278 g/mol. The van der Waals surface area contributed by atoms with Crippen LogP contribution in [0, 0.1) is 22.7 Å². The van der Waals surface area contributed by atoms with Gasteiger partial charge in [0, 0.05) is 6.21 Å². The van der Waals surface area contributed by atoms with Crippen LogP contribution < -0.4 is 10.5 Å². The van der Waals surface area contributed by atoms with Crippen molar-refractivity contribution in [2.24, 2.45) is 4.99 Å². The summed E-state index contributed by atoms with van der Waals surface area (Å²) in [5.41, 5.74) is 6.20. The molecule has 0 radical (unpaired) electrons. The monoisotopic (exact) mass is 278 g/mol. The lowest BCUT2D eigenvalue weighted by molar-refractivity contribution is 0.415. The molecular formula is C14H10N6O. The molecule has 7 nitrogen and oxygen atoms in total. The van der Waals surface area contributed by atoms with Gasteiger partial charge < -0.3 is 10.5 Å². The number of hydrogen-bond donors (Lipinski definition) is 1. The number of ether oxygens (including phenoxy) is 1. The summed E-state index contributed by atoms with van der Waals surface area (Å²) < 4.78 is 5.05. The van der Waals surface area contributed by atoms with Crippen molar-refractivity contribution in [1.82, 2.24) is 9.97 Å². The first-order valence-electron chi connectivity index (χ1n) is 5.83. The Balaban J connectivity index is 2.36. The van der Waals surface area contributed by atoms with Crippen molar-refractivity contribution in [3.63, 3.8) is 0 Å². The number of benzene rings is 1. The van der Waals surface area contributed by atoms with Gasteiger partial charge >= 0.3 is 0 Å². The highest BCUT2D eigenvalue weighted by atomic mass is 16.5. The Labute approximate surface area is 121 Å². The van der Waals surface area contributed by atoms with Gasteiger partial charge in [-0.2, -0.15) is 10.5 Å². The summed E-state index contributed by atoms with van der Waals surface area (Å²) in [7, 11) is 1.58. The fraction of sp³-hybridized carbons (Fsp3) is 0.0714. The van der Waals surface area contributed by atoms with Crippen LogP contribution >= 0.6 is 0 Å². The lowest BCUT2D eigenvalue weighted by Gasteiger charge is -2.01. The highest BCUT2D eigenvalue weighted by molar-refractivity contribution is 5.82. The second-order valence-electron chi connectivity index (χ2n) is 3.88. The molecule has 0 atom stereocenters. The van der Waals surface area contributed by atoms with Crippen molar-refractivity contribution in [2.75, 3.05) is 12.8 Å². The van der Waals surface area contributed by atoms with Crippen molar-refractivity contribution in [3.05, 3.63) is 41.2 Å². The fourth-order valence-electron chi connectivity index (χ4n) is 1.51. The maximum atomic E-state index is 8.99. The molecule has 0 aliphatic rings. The van der Waals surface area contributed by atoms with Crippen molar-refractivity contribution >= 4 is 17.9 Å². The number of hydrogen-bond acceptors (Lipinski definition) is 7. The summed E-state index contributed by atoms with van der Waals surface area (Å²) in [6.45, 7) is 0. The Bertz CT molecular complexity index is 768. The van der Waals surface area contributed by atoms with Gasteiger partial charge in [0.1, 0.15) is 17.9 Å². The van der Waals surface area contributed by atoms with Crippen molar-refractivity contribution in [3.8, 4) is 17.9 Å². The summed E-state index contributed by atoms with van der Waals surface area (Å²) in [5.74, 6) is 0.695. The van der Waals surface area contributed by atoms with E-state index in [1.807, 2.05) is 6.07 Å². The molecule has 21 heavy (non-hydrogen) atoms. The molecule has 1 aromatic heterocycles. The van der Waals surface area contributed by atoms with E-state index in [2.05, 4.69) is 15.0 Å². The van der Waals surface area contributed by atoms with E-state index in [9.17, 15) is 0 Å². The van der Waals surface area contributed by atoms with Crippen molar-refractivity contribution < 1.29 is 4.74 Å². The third kappa shape index (κ3) is 3.11. The topological polar surface area (TPSA) is 121 Å². The van der Waals surface area contributed by atoms with E-state index >= 15 is 0 Å². The molecule has 1 aromatic carbocycles.